The molecule has 3 aromatic carbocycles. The van der Waals surface area contributed by atoms with Gasteiger partial charge in [-0.25, -0.2) is 9.69 Å². The molecule has 0 saturated carbocycles. The van der Waals surface area contributed by atoms with Crippen molar-refractivity contribution in [2.24, 2.45) is 0 Å². The summed E-state index contributed by atoms with van der Waals surface area (Å²) in [5.41, 5.74) is 2.67. The van der Waals surface area contributed by atoms with Crippen molar-refractivity contribution in [3.8, 4) is 11.8 Å². The van der Waals surface area contributed by atoms with Crippen LogP contribution in [0.15, 0.2) is 78.5 Å². The van der Waals surface area contributed by atoms with Crippen LogP contribution in [0, 0.1) is 11.3 Å². The third-order valence-electron chi connectivity index (χ3n) is 4.67. The van der Waals surface area contributed by atoms with Crippen LogP contribution in [0.1, 0.15) is 16.7 Å². The van der Waals surface area contributed by atoms with Gasteiger partial charge in [-0.05, 0) is 48.0 Å². The van der Waals surface area contributed by atoms with E-state index in [4.69, 9.17) is 21.6 Å². The number of carbonyl (C=O) groups excluding carboxylic acids is 2. The third kappa shape index (κ3) is 4.42. The molecule has 0 aliphatic carbocycles. The number of hydrogen-bond donors (Lipinski definition) is 1. The number of carbonyl (C=O) groups is 2. The topological polar surface area (TPSA) is 82.4 Å². The maximum atomic E-state index is 12.7. The molecule has 0 unspecified atom stereocenters. The lowest BCUT2D eigenvalue weighted by Crippen LogP contribution is -2.30. The van der Waals surface area contributed by atoms with Crippen LogP contribution in [0.5, 0.6) is 5.75 Å². The molecule has 0 bridgehead atoms. The summed E-state index contributed by atoms with van der Waals surface area (Å²) in [7, 11) is 0. The van der Waals surface area contributed by atoms with E-state index >= 15 is 0 Å². The van der Waals surface area contributed by atoms with Gasteiger partial charge in [-0.15, -0.1) is 0 Å². The average molecular weight is 430 g/mol. The maximum absolute atomic E-state index is 12.7. The summed E-state index contributed by atoms with van der Waals surface area (Å²) < 4.78 is 5.75. The second kappa shape index (κ2) is 8.74. The summed E-state index contributed by atoms with van der Waals surface area (Å²) in [5, 5.41) is 12.2. The fourth-order valence-electron chi connectivity index (χ4n) is 3.13. The van der Waals surface area contributed by atoms with Crippen LogP contribution in [0.3, 0.4) is 0 Å². The van der Waals surface area contributed by atoms with Crippen LogP contribution in [0.2, 0.25) is 5.02 Å². The van der Waals surface area contributed by atoms with Gasteiger partial charge in [-0.3, -0.25) is 4.79 Å². The number of amides is 3. The molecule has 152 valence electrons. The number of benzene rings is 3. The average Bonchev–Trinajstić information content (AvgIpc) is 3.06. The van der Waals surface area contributed by atoms with Crippen molar-refractivity contribution >= 4 is 35.3 Å². The lowest BCUT2D eigenvalue weighted by Gasteiger charge is -2.11. The molecule has 1 heterocycles. The molecule has 6 nitrogen and oxygen atoms in total. The van der Waals surface area contributed by atoms with Gasteiger partial charge in [-0.1, -0.05) is 48.0 Å². The van der Waals surface area contributed by atoms with Gasteiger partial charge in [0.1, 0.15) is 18.1 Å². The normalized spacial score (nSPS) is 14.5. The van der Waals surface area contributed by atoms with E-state index < -0.39 is 11.9 Å². The monoisotopic (exact) mass is 429 g/mol. The summed E-state index contributed by atoms with van der Waals surface area (Å²) >= 11 is 5.97. The molecule has 4 rings (SSSR count). The lowest BCUT2D eigenvalue weighted by atomic mass is 10.1. The van der Waals surface area contributed by atoms with Crippen LogP contribution in [0.25, 0.3) is 6.08 Å². The molecule has 1 aliphatic heterocycles. The number of nitrogens with zero attached hydrogens (tertiary/aromatic N) is 2. The fourth-order valence-corrected chi connectivity index (χ4v) is 3.31. The number of halogens is 1. The number of hydrogen-bond acceptors (Lipinski definition) is 4. The summed E-state index contributed by atoms with van der Waals surface area (Å²) in [6, 6.07) is 22.5. The minimum atomic E-state index is -0.533. The Kier molecular flexibility index (Phi) is 5.69. The Hall–Kier alpha value is -4.08. The van der Waals surface area contributed by atoms with E-state index in [9.17, 15) is 9.59 Å². The molecule has 0 radical (unpaired) electrons. The molecule has 3 amide bonds. The molecule has 7 heteroatoms. The van der Waals surface area contributed by atoms with Gasteiger partial charge < -0.3 is 10.1 Å². The highest BCUT2D eigenvalue weighted by molar-refractivity contribution is 6.32. The predicted molar refractivity (Wildman–Crippen MR) is 117 cm³/mol. The van der Waals surface area contributed by atoms with E-state index in [2.05, 4.69) is 11.4 Å². The van der Waals surface area contributed by atoms with Crippen molar-refractivity contribution in [1.82, 2.24) is 5.32 Å². The van der Waals surface area contributed by atoms with E-state index in [-0.39, 0.29) is 12.3 Å². The van der Waals surface area contributed by atoms with E-state index in [1.807, 2.05) is 12.1 Å². The minimum Gasteiger partial charge on any atom is -0.489 e. The number of anilines is 1. The van der Waals surface area contributed by atoms with Crippen molar-refractivity contribution in [3.05, 3.63) is 100 Å². The van der Waals surface area contributed by atoms with Gasteiger partial charge in [0.15, 0.2) is 0 Å². The van der Waals surface area contributed by atoms with Crippen molar-refractivity contribution < 1.29 is 14.3 Å². The largest absolute Gasteiger partial charge is 0.489 e. The summed E-state index contributed by atoms with van der Waals surface area (Å²) in [6.45, 7) is 0.271. The lowest BCUT2D eigenvalue weighted by molar-refractivity contribution is -0.113. The van der Waals surface area contributed by atoms with E-state index in [0.717, 1.165) is 16.0 Å². The Labute approximate surface area is 183 Å². The van der Waals surface area contributed by atoms with Gasteiger partial charge in [0, 0.05) is 10.6 Å². The molecule has 0 spiro atoms. The van der Waals surface area contributed by atoms with Crippen molar-refractivity contribution in [1.29, 1.82) is 5.26 Å². The fraction of sp³-hybridized carbons (Fsp3) is 0.0417. The summed E-state index contributed by atoms with van der Waals surface area (Å²) in [4.78, 5) is 26.0. The molecule has 1 N–H and O–H groups in total. The van der Waals surface area contributed by atoms with Crippen molar-refractivity contribution in [3.63, 3.8) is 0 Å². The van der Waals surface area contributed by atoms with Gasteiger partial charge in [0.25, 0.3) is 5.91 Å². The molecule has 1 saturated heterocycles. The maximum Gasteiger partial charge on any atom is 0.333 e. The predicted octanol–water partition coefficient (Wildman–Crippen LogP) is 4.89. The number of ether oxygens (including phenoxy) is 1. The number of nitriles is 1. The van der Waals surface area contributed by atoms with Crippen LogP contribution >= 0.6 is 11.6 Å². The van der Waals surface area contributed by atoms with Crippen LogP contribution in [0.4, 0.5) is 10.5 Å². The zero-order valence-corrected chi connectivity index (χ0v) is 17.0. The Balaban J connectivity index is 1.46. The van der Waals surface area contributed by atoms with E-state index in [0.29, 0.717) is 22.0 Å². The first kappa shape index (κ1) is 20.2. The first-order chi connectivity index (χ1) is 15.0. The van der Waals surface area contributed by atoms with Gasteiger partial charge >= 0.3 is 6.03 Å². The molecular weight excluding hydrogens is 414 g/mol. The minimum absolute atomic E-state index is 0.168. The highest BCUT2D eigenvalue weighted by Crippen LogP contribution is 2.25. The van der Waals surface area contributed by atoms with Crippen molar-refractivity contribution in [2.45, 2.75) is 6.61 Å². The number of urea groups is 1. The first-order valence-corrected chi connectivity index (χ1v) is 9.76. The second-order valence-corrected chi connectivity index (χ2v) is 7.17. The van der Waals surface area contributed by atoms with Crippen LogP contribution in [-0.2, 0) is 11.4 Å². The Morgan fingerprint density at radius 3 is 2.55 bits per heavy atom. The summed E-state index contributed by atoms with van der Waals surface area (Å²) in [5.74, 6) is 0.165. The van der Waals surface area contributed by atoms with E-state index in [1.54, 1.807) is 66.7 Å². The van der Waals surface area contributed by atoms with Crippen molar-refractivity contribution in [2.75, 3.05) is 4.90 Å². The molecule has 3 aromatic rings. The first-order valence-electron chi connectivity index (χ1n) is 9.39. The summed E-state index contributed by atoms with van der Waals surface area (Å²) in [6.07, 6.45) is 1.60. The van der Waals surface area contributed by atoms with Gasteiger partial charge in [-0.2, -0.15) is 5.26 Å². The smallest absolute Gasteiger partial charge is 0.333 e. The SMILES string of the molecule is N#Cc1ccccc1COc1ccc(/C=C2/NC(=O)N(c3cccc(Cl)c3)C2=O)cc1. The molecule has 31 heavy (non-hydrogen) atoms. The highest BCUT2D eigenvalue weighted by Gasteiger charge is 2.34. The Morgan fingerprint density at radius 1 is 1.03 bits per heavy atom. The standard InChI is InChI=1S/C24H16ClN3O3/c25-19-6-3-7-20(13-19)28-23(29)22(27-24(28)30)12-16-8-10-21(11-9-16)31-15-18-5-2-1-4-17(18)14-26/h1-13H,15H2,(H,27,30)/b22-12+. The molecule has 1 fully saturated rings. The zero-order chi connectivity index (χ0) is 21.8. The quantitative estimate of drug-likeness (QED) is 0.462. The second-order valence-electron chi connectivity index (χ2n) is 6.74. The van der Waals surface area contributed by atoms with Crippen LogP contribution < -0.4 is 15.0 Å². The van der Waals surface area contributed by atoms with Gasteiger partial charge in [0.2, 0.25) is 0 Å². The number of nitrogens with one attached hydrogen (secondary N) is 1. The van der Waals surface area contributed by atoms with Gasteiger partial charge in [0.05, 0.1) is 17.3 Å². The molecule has 0 aromatic heterocycles. The highest BCUT2D eigenvalue weighted by atomic mass is 35.5. The number of imide groups is 1. The van der Waals surface area contributed by atoms with E-state index in [1.165, 1.54) is 0 Å². The Morgan fingerprint density at radius 2 is 1.81 bits per heavy atom. The molecular formula is C24H16ClN3O3. The third-order valence-corrected chi connectivity index (χ3v) is 4.90. The number of rotatable bonds is 5. The zero-order valence-electron chi connectivity index (χ0n) is 16.2. The molecule has 1 aliphatic rings. The Bertz CT molecular complexity index is 1230. The molecule has 0 atom stereocenters. The van der Waals surface area contributed by atoms with Crippen LogP contribution in [-0.4, -0.2) is 11.9 Å².